The zero-order valence-electron chi connectivity index (χ0n) is 8.98. The van der Waals surface area contributed by atoms with Gasteiger partial charge in [0.05, 0.1) is 22.2 Å². The molecule has 8 heteroatoms. The van der Waals surface area contributed by atoms with Crippen molar-refractivity contribution in [2.45, 2.75) is 6.54 Å². The van der Waals surface area contributed by atoms with Gasteiger partial charge in [-0.15, -0.1) is 0 Å². The number of carbonyl (C=O) groups is 1. The van der Waals surface area contributed by atoms with Crippen molar-refractivity contribution in [1.29, 1.82) is 0 Å². The molecule has 6 nitrogen and oxygen atoms in total. The highest BCUT2D eigenvalue weighted by molar-refractivity contribution is 6.44. The van der Waals surface area contributed by atoms with Crippen molar-refractivity contribution >= 4 is 34.8 Å². The molecule has 2 aromatic rings. The van der Waals surface area contributed by atoms with Gasteiger partial charge in [-0.3, -0.25) is 4.79 Å². The van der Waals surface area contributed by atoms with Gasteiger partial charge >= 0.3 is 0 Å². The monoisotopic (exact) mass is 286 g/mol. The summed E-state index contributed by atoms with van der Waals surface area (Å²) in [6, 6.07) is 2.92. The number of aromatic nitrogens is 2. The Balaban J connectivity index is 2.14. The third-order valence-corrected chi connectivity index (χ3v) is 2.91. The lowest BCUT2D eigenvalue weighted by molar-refractivity contribution is 0.0950. The first-order valence-corrected chi connectivity index (χ1v) is 5.61. The molecule has 0 spiro atoms. The molecule has 0 saturated carbocycles. The number of carbonyl (C=O) groups excluding carboxylic acids is 1. The molecular weight excluding hydrogens is 279 g/mol. The second kappa shape index (κ2) is 5.24. The zero-order chi connectivity index (χ0) is 13.1. The number of hydrogen-bond acceptors (Lipinski definition) is 5. The number of rotatable bonds is 3. The van der Waals surface area contributed by atoms with Crippen molar-refractivity contribution < 1.29 is 9.32 Å². The Morgan fingerprint density at radius 3 is 2.89 bits per heavy atom. The molecule has 0 saturated heterocycles. The van der Waals surface area contributed by atoms with Crippen molar-refractivity contribution in [3.63, 3.8) is 0 Å². The lowest BCUT2D eigenvalue weighted by Crippen LogP contribution is -2.24. The van der Waals surface area contributed by atoms with Crippen molar-refractivity contribution in [1.82, 2.24) is 15.5 Å². The minimum Gasteiger partial charge on any atom is -0.399 e. The summed E-state index contributed by atoms with van der Waals surface area (Å²) in [6.45, 7) is 0.123. The molecule has 2 rings (SSSR count). The first kappa shape index (κ1) is 12.7. The molecular formula is C10H8Cl2N4O2. The highest BCUT2D eigenvalue weighted by atomic mass is 35.5. The minimum absolute atomic E-state index is 0.123. The Morgan fingerprint density at radius 1 is 1.44 bits per heavy atom. The Labute approximate surface area is 112 Å². The van der Waals surface area contributed by atoms with Gasteiger partial charge in [-0.1, -0.05) is 28.4 Å². The smallest absolute Gasteiger partial charge is 0.253 e. The molecule has 0 aliphatic heterocycles. The molecule has 1 amide bonds. The maximum absolute atomic E-state index is 11.9. The lowest BCUT2D eigenvalue weighted by atomic mass is 10.2. The fourth-order valence-corrected chi connectivity index (χ4v) is 1.72. The molecule has 0 aliphatic rings. The molecule has 0 unspecified atom stereocenters. The summed E-state index contributed by atoms with van der Waals surface area (Å²) < 4.78 is 4.53. The van der Waals surface area contributed by atoms with E-state index in [1.807, 2.05) is 0 Å². The molecule has 0 radical (unpaired) electrons. The van der Waals surface area contributed by atoms with Crippen LogP contribution in [-0.4, -0.2) is 16.0 Å². The first-order valence-electron chi connectivity index (χ1n) is 4.86. The molecule has 18 heavy (non-hydrogen) atoms. The van der Waals surface area contributed by atoms with Gasteiger partial charge in [-0.2, -0.15) is 4.98 Å². The highest BCUT2D eigenvalue weighted by Crippen LogP contribution is 2.28. The fourth-order valence-electron chi connectivity index (χ4n) is 1.30. The predicted molar refractivity (Wildman–Crippen MR) is 66.3 cm³/mol. The average molecular weight is 287 g/mol. The van der Waals surface area contributed by atoms with Gasteiger partial charge < -0.3 is 15.6 Å². The summed E-state index contributed by atoms with van der Waals surface area (Å²) in [5.41, 5.74) is 6.15. The number of nitrogens with two attached hydrogens (primary N) is 1. The number of anilines is 1. The van der Waals surface area contributed by atoms with E-state index in [2.05, 4.69) is 20.0 Å². The van der Waals surface area contributed by atoms with E-state index in [9.17, 15) is 4.79 Å². The van der Waals surface area contributed by atoms with Gasteiger partial charge in [0.15, 0.2) is 5.82 Å². The summed E-state index contributed by atoms with van der Waals surface area (Å²) in [4.78, 5) is 15.6. The molecule has 3 N–H and O–H groups in total. The third-order valence-electron chi connectivity index (χ3n) is 2.11. The number of benzene rings is 1. The summed E-state index contributed by atoms with van der Waals surface area (Å²) in [5.74, 6) is -0.0616. The topological polar surface area (TPSA) is 94.0 Å². The van der Waals surface area contributed by atoms with Gasteiger partial charge in [0.1, 0.15) is 0 Å². The lowest BCUT2D eigenvalue weighted by Gasteiger charge is -2.07. The van der Waals surface area contributed by atoms with E-state index >= 15 is 0 Å². The largest absolute Gasteiger partial charge is 0.399 e. The number of amides is 1. The van der Waals surface area contributed by atoms with Crippen LogP contribution in [0.5, 0.6) is 0 Å². The Morgan fingerprint density at radius 2 is 2.22 bits per heavy atom. The van der Waals surface area contributed by atoms with Gasteiger partial charge in [-0.05, 0) is 12.1 Å². The Bertz CT molecular complexity index is 572. The normalized spacial score (nSPS) is 10.3. The van der Waals surface area contributed by atoms with Crippen molar-refractivity contribution in [2.75, 3.05) is 5.73 Å². The van der Waals surface area contributed by atoms with E-state index in [1.54, 1.807) is 0 Å². The van der Waals surface area contributed by atoms with E-state index in [0.717, 1.165) is 0 Å². The Hall–Kier alpha value is -1.79. The fraction of sp³-hybridized carbons (Fsp3) is 0.100. The van der Waals surface area contributed by atoms with E-state index in [4.69, 9.17) is 28.9 Å². The van der Waals surface area contributed by atoms with E-state index in [1.165, 1.54) is 18.5 Å². The molecule has 1 aromatic carbocycles. The molecule has 0 fully saturated rings. The van der Waals surface area contributed by atoms with Gasteiger partial charge in [0.2, 0.25) is 6.39 Å². The van der Waals surface area contributed by atoms with Crippen LogP contribution in [-0.2, 0) is 6.54 Å². The first-order chi connectivity index (χ1) is 8.58. The highest BCUT2D eigenvalue weighted by Gasteiger charge is 2.14. The zero-order valence-corrected chi connectivity index (χ0v) is 10.5. The van der Waals surface area contributed by atoms with Gasteiger partial charge in [0.25, 0.3) is 5.91 Å². The van der Waals surface area contributed by atoms with E-state index in [0.29, 0.717) is 11.5 Å². The molecule has 1 heterocycles. The molecule has 0 bridgehead atoms. The van der Waals surface area contributed by atoms with E-state index < -0.39 is 5.91 Å². The van der Waals surface area contributed by atoms with Crippen LogP contribution in [0.15, 0.2) is 23.0 Å². The second-order valence-electron chi connectivity index (χ2n) is 3.39. The quantitative estimate of drug-likeness (QED) is 0.841. The van der Waals surface area contributed by atoms with Crippen LogP contribution in [0.1, 0.15) is 16.2 Å². The number of nitrogens with zero attached hydrogens (tertiary/aromatic N) is 2. The number of nitrogens with one attached hydrogen (secondary N) is 1. The van der Waals surface area contributed by atoms with Crippen LogP contribution in [0.25, 0.3) is 0 Å². The van der Waals surface area contributed by atoms with Crippen molar-refractivity contribution in [2.24, 2.45) is 0 Å². The predicted octanol–water partition coefficient (Wildman–Crippen LogP) is 1.89. The van der Waals surface area contributed by atoms with Crippen LogP contribution in [0.3, 0.4) is 0 Å². The number of hydrogen-bond donors (Lipinski definition) is 2. The summed E-state index contributed by atoms with van der Waals surface area (Å²) >= 11 is 11.8. The maximum Gasteiger partial charge on any atom is 0.253 e. The van der Waals surface area contributed by atoms with Crippen molar-refractivity contribution in [3.8, 4) is 0 Å². The SMILES string of the molecule is Nc1cc(Cl)c(Cl)c(C(=O)NCc2ncon2)c1. The minimum atomic E-state index is -0.418. The average Bonchev–Trinajstić information content (AvgIpc) is 2.83. The molecule has 94 valence electrons. The Kier molecular flexibility index (Phi) is 3.69. The molecule has 1 aromatic heterocycles. The summed E-state index contributed by atoms with van der Waals surface area (Å²) in [5, 5.41) is 6.50. The van der Waals surface area contributed by atoms with Crippen LogP contribution in [0.2, 0.25) is 10.0 Å². The van der Waals surface area contributed by atoms with Crippen LogP contribution < -0.4 is 11.1 Å². The third kappa shape index (κ3) is 2.72. The van der Waals surface area contributed by atoms with Gasteiger partial charge in [-0.25, -0.2) is 0 Å². The van der Waals surface area contributed by atoms with Crippen LogP contribution >= 0.6 is 23.2 Å². The second-order valence-corrected chi connectivity index (χ2v) is 4.18. The standard InChI is InChI=1S/C10H8Cl2N4O2/c11-7-2-5(13)1-6(9(7)12)10(17)14-3-8-15-4-18-16-8/h1-2,4H,3,13H2,(H,14,17). The number of halogens is 2. The van der Waals surface area contributed by atoms with Crippen LogP contribution in [0, 0.1) is 0 Å². The summed E-state index contributed by atoms with van der Waals surface area (Å²) in [6.07, 6.45) is 1.17. The summed E-state index contributed by atoms with van der Waals surface area (Å²) in [7, 11) is 0. The molecule has 0 atom stereocenters. The van der Waals surface area contributed by atoms with E-state index in [-0.39, 0.29) is 22.2 Å². The maximum atomic E-state index is 11.9. The number of nitrogen functional groups attached to an aromatic ring is 1. The van der Waals surface area contributed by atoms with Crippen LogP contribution in [0.4, 0.5) is 5.69 Å². The van der Waals surface area contributed by atoms with Crippen molar-refractivity contribution in [3.05, 3.63) is 40.0 Å². The molecule has 0 aliphatic carbocycles. The van der Waals surface area contributed by atoms with Gasteiger partial charge in [0, 0.05) is 5.69 Å².